The van der Waals surface area contributed by atoms with E-state index in [0.29, 0.717) is 16.3 Å². The van der Waals surface area contributed by atoms with Gasteiger partial charge in [0.05, 0.1) is 15.7 Å². The third-order valence-electron chi connectivity index (χ3n) is 5.63. The number of benzene rings is 1. The number of hydrogen-bond donors (Lipinski definition) is 2. The van der Waals surface area contributed by atoms with Gasteiger partial charge in [0.25, 0.3) is 10.0 Å². The Hall–Kier alpha value is -3.42. The number of nitriles is 1. The molecule has 1 amide bonds. The normalized spacial score (nSPS) is 14.2. The zero-order valence-corrected chi connectivity index (χ0v) is 20.8. The van der Waals surface area contributed by atoms with Crippen LogP contribution in [0.4, 0.5) is 11.5 Å². The van der Waals surface area contributed by atoms with Crippen LogP contribution in [0.1, 0.15) is 43.0 Å². The number of nitrogens with zero attached hydrogens (tertiary/aromatic N) is 3. The van der Waals surface area contributed by atoms with Gasteiger partial charge in [-0.1, -0.05) is 24.2 Å². The van der Waals surface area contributed by atoms with Crippen molar-refractivity contribution in [2.75, 3.05) is 10.0 Å². The summed E-state index contributed by atoms with van der Waals surface area (Å²) in [7, 11) is -3.80. The summed E-state index contributed by atoms with van der Waals surface area (Å²) in [6, 6.07) is 15.0. The predicted molar refractivity (Wildman–Crippen MR) is 136 cm³/mol. The van der Waals surface area contributed by atoms with Crippen LogP contribution in [0.25, 0.3) is 0 Å². The first-order valence-corrected chi connectivity index (χ1v) is 13.7. The number of rotatable bonds is 7. The number of anilines is 2. The fraction of sp³-hybridized carbons (Fsp3) is 0.280. The largest absolute Gasteiger partial charge is 0.325 e. The average molecular weight is 508 g/mol. The molecule has 10 heteroatoms. The fourth-order valence-electron chi connectivity index (χ4n) is 3.76. The number of carbonyl (C=O) groups excluding carboxylic acids is 1. The summed E-state index contributed by atoms with van der Waals surface area (Å²) in [5.74, 6) is -0.0447. The van der Waals surface area contributed by atoms with Crippen LogP contribution in [0.5, 0.6) is 0 Å². The van der Waals surface area contributed by atoms with E-state index >= 15 is 0 Å². The molecule has 0 spiro atoms. The van der Waals surface area contributed by atoms with Crippen molar-refractivity contribution in [2.45, 2.75) is 54.2 Å². The van der Waals surface area contributed by atoms with E-state index < -0.39 is 15.3 Å². The zero-order chi connectivity index (χ0) is 24.8. The van der Waals surface area contributed by atoms with Gasteiger partial charge in [0.15, 0.2) is 0 Å². The van der Waals surface area contributed by atoms with Crippen LogP contribution < -0.4 is 10.0 Å². The number of nitrogens with one attached hydrogen (secondary N) is 2. The first-order chi connectivity index (χ1) is 16.9. The Morgan fingerprint density at radius 2 is 1.89 bits per heavy atom. The monoisotopic (exact) mass is 507 g/mol. The van der Waals surface area contributed by atoms with Gasteiger partial charge in [-0.3, -0.25) is 9.52 Å². The van der Waals surface area contributed by atoms with E-state index in [2.05, 4.69) is 21.1 Å². The summed E-state index contributed by atoms with van der Waals surface area (Å²) in [5, 5.41) is 12.5. The molecule has 1 aliphatic carbocycles. The molecule has 4 rings (SSSR count). The third kappa shape index (κ3) is 6.18. The van der Waals surface area contributed by atoms with Crippen LogP contribution >= 0.6 is 11.8 Å². The van der Waals surface area contributed by atoms with E-state index in [4.69, 9.17) is 4.98 Å². The molecule has 35 heavy (non-hydrogen) atoms. The Kier molecular flexibility index (Phi) is 7.68. The second kappa shape index (κ2) is 10.9. The van der Waals surface area contributed by atoms with Crippen LogP contribution in [0.15, 0.2) is 64.6 Å². The minimum atomic E-state index is -3.80. The topological polar surface area (TPSA) is 125 Å². The summed E-state index contributed by atoms with van der Waals surface area (Å²) < 4.78 is 27.5. The molecule has 3 aromatic rings. The van der Waals surface area contributed by atoms with E-state index in [1.165, 1.54) is 42.2 Å². The lowest BCUT2D eigenvalue weighted by Crippen LogP contribution is -2.23. The molecule has 2 heterocycles. The van der Waals surface area contributed by atoms with Gasteiger partial charge in [0.1, 0.15) is 16.9 Å². The van der Waals surface area contributed by atoms with Gasteiger partial charge in [-0.25, -0.2) is 18.4 Å². The Balaban J connectivity index is 1.42. The first-order valence-electron chi connectivity index (χ1n) is 11.3. The summed E-state index contributed by atoms with van der Waals surface area (Å²) in [6.07, 6.45) is 6.65. The zero-order valence-electron chi connectivity index (χ0n) is 19.2. The molecule has 1 aliphatic rings. The van der Waals surface area contributed by atoms with E-state index in [1.54, 1.807) is 25.1 Å². The molecule has 0 fully saturated rings. The van der Waals surface area contributed by atoms with Crippen molar-refractivity contribution in [2.24, 2.45) is 0 Å². The molecule has 180 valence electrons. The lowest BCUT2D eigenvalue weighted by atomic mass is 10.1. The highest BCUT2D eigenvalue weighted by atomic mass is 32.2. The van der Waals surface area contributed by atoms with Gasteiger partial charge >= 0.3 is 0 Å². The minimum absolute atomic E-state index is 0.0522. The van der Waals surface area contributed by atoms with Crippen molar-refractivity contribution < 1.29 is 13.2 Å². The summed E-state index contributed by atoms with van der Waals surface area (Å²) in [4.78, 5) is 21.5. The van der Waals surface area contributed by atoms with Crippen molar-refractivity contribution in [3.05, 3.63) is 71.5 Å². The molecular formula is C25H25N5O3S2. The van der Waals surface area contributed by atoms with Crippen LogP contribution in [-0.2, 0) is 27.7 Å². The van der Waals surface area contributed by atoms with Crippen LogP contribution in [-0.4, -0.2) is 29.5 Å². The van der Waals surface area contributed by atoms with Gasteiger partial charge in [-0.2, -0.15) is 5.26 Å². The molecule has 1 aromatic carbocycles. The van der Waals surface area contributed by atoms with Crippen molar-refractivity contribution in [1.29, 1.82) is 5.26 Å². The highest BCUT2D eigenvalue weighted by Gasteiger charge is 2.21. The number of hydrogen-bond acceptors (Lipinski definition) is 7. The molecule has 0 bridgehead atoms. The lowest BCUT2D eigenvalue weighted by Gasteiger charge is -2.15. The Bertz CT molecular complexity index is 1350. The highest BCUT2D eigenvalue weighted by Crippen LogP contribution is 2.30. The van der Waals surface area contributed by atoms with Crippen molar-refractivity contribution in [1.82, 2.24) is 9.97 Å². The molecular weight excluding hydrogens is 482 g/mol. The van der Waals surface area contributed by atoms with Crippen molar-refractivity contribution in [3.63, 3.8) is 0 Å². The van der Waals surface area contributed by atoms with E-state index in [1.807, 2.05) is 6.07 Å². The number of aryl methyl sites for hydroxylation is 2. The number of aromatic nitrogens is 2. The molecule has 8 nitrogen and oxygen atoms in total. The van der Waals surface area contributed by atoms with Gasteiger partial charge in [-0.15, -0.1) is 0 Å². The van der Waals surface area contributed by atoms with Crippen LogP contribution in [0.2, 0.25) is 0 Å². The van der Waals surface area contributed by atoms with Gasteiger partial charge in [0.2, 0.25) is 5.91 Å². The molecule has 0 aliphatic heterocycles. The minimum Gasteiger partial charge on any atom is -0.325 e. The number of carbonyl (C=O) groups is 1. The standard InChI is InChI=1S/C25H25N5O3S2/c1-17(34-25-19(16-26)15-18-7-3-2-4-8-22(18)29-25)24(31)28-20-10-12-21(13-11-20)35(32,33)30-23-9-5-6-14-27-23/h5-6,9-15,17H,2-4,7-8H2,1H3,(H,27,30)(H,28,31). The third-order valence-corrected chi connectivity index (χ3v) is 8.10. The second-order valence-electron chi connectivity index (χ2n) is 8.21. The van der Waals surface area contributed by atoms with Crippen molar-refractivity contribution in [3.8, 4) is 6.07 Å². The summed E-state index contributed by atoms with van der Waals surface area (Å²) >= 11 is 1.25. The quantitative estimate of drug-likeness (QED) is 0.355. The molecule has 0 radical (unpaired) electrons. The van der Waals surface area contributed by atoms with Crippen molar-refractivity contribution >= 4 is 39.2 Å². The molecule has 2 N–H and O–H groups in total. The van der Waals surface area contributed by atoms with E-state index in [9.17, 15) is 18.5 Å². The van der Waals surface area contributed by atoms with E-state index in [0.717, 1.165) is 43.4 Å². The fourth-order valence-corrected chi connectivity index (χ4v) is 5.67. The van der Waals surface area contributed by atoms with Gasteiger partial charge in [0, 0.05) is 17.6 Å². The predicted octanol–water partition coefficient (Wildman–Crippen LogP) is 4.54. The van der Waals surface area contributed by atoms with E-state index in [-0.39, 0.29) is 16.6 Å². The number of sulfonamides is 1. The molecule has 2 aromatic heterocycles. The summed E-state index contributed by atoms with van der Waals surface area (Å²) in [5.41, 5.74) is 3.11. The van der Waals surface area contributed by atoms with Gasteiger partial charge in [-0.05, 0) is 80.6 Å². The van der Waals surface area contributed by atoms with Gasteiger partial charge < -0.3 is 5.32 Å². The number of amides is 1. The number of thioether (sulfide) groups is 1. The first kappa shape index (κ1) is 24.7. The van der Waals surface area contributed by atoms with Crippen LogP contribution in [0.3, 0.4) is 0 Å². The Labute approximate surface area is 209 Å². The second-order valence-corrected chi connectivity index (χ2v) is 11.2. The number of pyridine rings is 2. The van der Waals surface area contributed by atoms with Crippen LogP contribution in [0, 0.1) is 11.3 Å². The maximum atomic E-state index is 12.8. The molecule has 0 saturated heterocycles. The molecule has 0 saturated carbocycles. The average Bonchev–Trinajstić information content (AvgIpc) is 3.09. The maximum absolute atomic E-state index is 12.8. The highest BCUT2D eigenvalue weighted by molar-refractivity contribution is 8.00. The Morgan fingerprint density at radius 3 is 2.60 bits per heavy atom. The lowest BCUT2D eigenvalue weighted by molar-refractivity contribution is -0.115. The SMILES string of the molecule is CC(Sc1nc2c(cc1C#N)CCCCC2)C(=O)Nc1ccc(S(=O)(=O)Nc2ccccn2)cc1. The smallest absolute Gasteiger partial charge is 0.263 e. The summed E-state index contributed by atoms with van der Waals surface area (Å²) in [6.45, 7) is 1.75. The Morgan fingerprint density at radius 1 is 1.11 bits per heavy atom. The number of fused-ring (bicyclic) bond motifs is 1. The maximum Gasteiger partial charge on any atom is 0.263 e. The molecule has 1 atom stereocenters. The molecule has 1 unspecified atom stereocenters.